The standard InChI is InChI=1S/C27H32N2O6/c1-2-34-19(14-25(30)29-18-12-11-17(13-18)26(31)32)15-28-27(33)35-16-24-22-9-5-3-7-20(22)21-8-4-6-10-23(21)24/h3-10,17-19,24H,2,11-16H2,1H3,(H,28,33)(H,29,30)(H,31,32)/t17-,18+,19?/m0/s1. The Morgan fingerprint density at radius 3 is 2.29 bits per heavy atom. The van der Waals surface area contributed by atoms with Crippen molar-refractivity contribution < 1.29 is 29.0 Å². The number of carboxylic acid groups (broad SMARTS) is 1. The fourth-order valence-electron chi connectivity index (χ4n) is 5.10. The van der Waals surface area contributed by atoms with Crippen LogP contribution in [0.1, 0.15) is 49.7 Å². The van der Waals surface area contributed by atoms with Gasteiger partial charge < -0.3 is 25.2 Å². The van der Waals surface area contributed by atoms with Gasteiger partial charge in [-0.3, -0.25) is 9.59 Å². The number of aliphatic carboxylic acids is 1. The summed E-state index contributed by atoms with van der Waals surface area (Å²) in [4.78, 5) is 36.0. The quantitative estimate of drug-likeness (QED) is 0.478. The van der Waals surface area contributed by atoms with Gasteiger partial charge in [0.15, 0.2) is 0 Å². The van der Waals surface area contributed by atoms with Crippen LogP contribution in [0.4, 0.5) is 4.79 Å². The van der Waals surface area contributed by atoms with Gasteiger partial charge in [-0.05, 0) is 48.4 Å². The van der Waals surface area contributed by atoms with E-state index in [1.54, 1.807) is 0 Å². The first-order valence-corrected chi connectivity index (χ1v) is 12.2. The van der Waals surface area contributed by atoms with Crippen LogP contribution in [0, 0.1) is 5.92 Å². The molecule has 2 aromatic rings. The molecular formula is C27H32N2O6. The summed E-state index contributed by atoms with van der Waals surface area (Å²) in [5.74, 6) is -1.46. The van der Waals surface area contributed by atoms with Crippen molar-refractivity contribution >= 4 is 18.0 Å². The van der Waals surface area contributed by atoms with Crippen LogP contribution in [-0.2, 0) is 19.1 Å². The molecule has 4 rings (SSSR count). The first kappa shape index (κ1) is 24.7. The Kier molecular flexibility index (Phi) is 8.02. The molecule has 8 heteroatoms. The minimum atomic E-state index is -0.818. The van der Waals surface area contributed by atoms with Crippen molar-refractivity contribution in [2.45, 2.75) is 50.7 Å². The third kappa shape index (κ3) is 6.00. The molecule has 3 N–H and O–H groups in total. The number of carboxylic acids is 1. The summed E-state index contributed by atoms with van der Waals surface area (Å²) in [6.45, 7) is 2.58. The fraction of sp³-hybridized carbons (Fsp3) is 0.444. The Balaban J connectivity index is 1.25. The van der Waals surface area contributed by atoms with E-state index in [1.165, 1.54) is 0 Å². The zero-order valence-electron chi connectivity index (χ0n) is 19.9. The van der Waals surface area contributed by atoms with Gasteiger partial charge in [0.25, 0.3) is 0 Å². The van der Waals surface area contributed by atoms with Crippen molar-refractivity contribution in [3.05, 3.63) is 59.7 Å². The number of benzene rings is 2. The van der Waals surface area contributed by atoms with E-state index < -0.39 is 24.1 Å². The molecule has 2 amide bonds. The molecule has 1 saturated carbocycles. The van der Waals surface area contributed by atoms with Gasteiger partial charge in [-0.2, -0.15) is 0 Å². The van der Waals surface area contributed by atoms with E-state index in [1.807, 2.05) is 31.2 Å². The van der Waals surface area contributed by atoms with E-state index in [0.29, 0.717) is 25.9 Å². The Morgan fingerprint density at radius 1 is 1.03 bits per heavy atom. The van der Waals surface area contributed by atoms with Crippen molar-refractivity contribution in [1.29, 1.82) is 0 Å². The highest BCUT2D eigenvalue weighted by molar-refractivity contribution is 5.79. The number of nitrogens with one attached hydrogen (secondary N) is 2. The van der Waals surface area contributed by atoms with E-state index in [9.17, 15) is 14.4 Å². The zero-order chi connectivity index (χ0) is 24.8. The molecule has 3 atom stereocenters. The first-order chi connectivity index (χ1) is 17.0. The molecule has 1 unspecified atom stereocenters. The van der Waals surface area contributed by atoms with Gasteiger partial charge in [-0.15, -0.1) is 0 Å². The number of ether oxygens (including phenoxy) is 2. The molecule has 35 heavy (non-hydrogen) atoms. The van der Waals surface area contributed by atoms with Crippen molar-refractivity contribution in [3.8, 4) is 11.1 Å². The number of amides is 2. The highest BCUT2D eigenvalue weighted by Gasteiger charge is 2.31. The van der Waals surface area contributed by atoms with Gasteiger partial charge in [-0.1, -0.05) is 48.5 Å². The van der Waals surface area contributed by atoms with Crippen LogP contribution >= 0.6 is 0 Å². The topological polar surface area (TPSA) is 114 Å². The Bertz CT molecular complexity index is 1030. The molecule has 2 aliphatic carbocycles. The maximum atomic E-state index is 12.5. The molecule has 0 saturated heterocycles. The van der Waals surface area contributed by atoms with Gasteiger partial charge in [0.2, 0.25) is 5.91 Å². The summed E-state index contributed by atoms with van der Waals surface area (Å²) in [6, 6.07) is 16.1. The van der Waals surface area contributed by atoms with E-state index >= 15 is 0 Å². The van der Waals surface area contributed by atoms with E-state index in [0.717, 1.165) is 22.3 Å². The molecule has 2 aliphatic rings. The molecule has 0 bridgehead atoms. The van der Waals surface area contributed by atoms with Crippen LogP contribution in [0.3, 0.4) is 0 Å². The predicted molar refractivity (Wildman–Crippen MR) is 130 cm³/mol. The van der Waals surface area contributed by atoms with Crippen molar-refractivity contribution in [1.82, 2.24) is 10.6 Å². The summed E-state index contributed by atoms with van der Waals surface area (Å²) in [5, 5.41) is 14.7. The molecule has 1 fully saturated rings. The summed E-state index contributed by atoms with van der Waals surface area (Å²) in [7, 11) is 0. The lowest BCUT2D eigenvalue weighted by molar-refractivity contribution is -0.141. The molecule has 2 aromatic carbocycles. The summed E-state index contributed by atoms with van der Waals surface area (Å²) >= 11 is 0. The summed E-state index contributed by atoms with van der Waals surface area (Å²) in [6.07, 6.45) is 0.678. The van der Waals surface area contributed by atoms with Crippen molar-refractivity contribution in [3.63, 3.8) is 0 Å². The van der Waals surface area contributed by atoms with E-state index in [-0.39, 0.29) is 37.4 Å². The van der Waals surface area contributed by atoms with Crippen LogP contribution in [0.2, 0.25) is 0 Å². The number of carbonyl (C=O) groups excluding carboxylic acids is 2. The second-order valence-electron chi connectivity index (χ2n) is 9.10. The van der Waals surface area contributed by atoms with Gasteiger partial charge >= 0.3 is 12.1 Å². The normalized spacial score (nSPS) is 19.5. The minimum absolute atomic E-state index is 0.0253. The maximum Gasteiger partial charge on any atom is 0.407 e. The number of carbonyl (C=O) groups is 3. The third-order valence-electron chi connectivity index (χ3n) is 6.78. The highest BCUT2D eigenvalue weighted by atomic mass is 16.5. The number of fused-ring (bicyclic) bond motifs is 3. The fourth-order valence-corrected chi connectivity index (χ4v) is 5.10. The number of rotatable bonds is 10. The van der Waals surface area contributed by atoms with Gasteiger partial charge in [-0.25, -0.2) is 4.79 Å². The van der Waals surface area contributed by atoms with Crippen molar-refractivity contribution in [2.75, 3.05) is 19.8 Å². The number of alkyl carbamates (subject to hydrolysis) is 1. The monoisotopic (exact) mass is 480 g/mol. The molecular weight excluding hydrogens is 448 g/mol. The lowest BCUT2D eigenvalue weighted by Crippen LogP contribution is -2.40. The van der Waals surface area contributed by atoms with E-state index in [4.69, 9.17) is 14.6 Å². The summed E-state index contributed by atoms with van der Waals surface area (Å²) in [5.41, 5.74) is 4.61. The lowest BCUT2D eigenvalue weighted by atomic mass is 9.98. The summed E-state index contributed by atoms with van der Waals surface area (Å²) < 4.78 is 11.2. The second-order valence-corrected chi connectivity index (χ2v) is 9.10. The van der Waals surface area contributed by atoms with E-state index in [2.05, 4.69) is 34.9 Å². The maximum absolute atomic E-state index is 12.5. The largest absolute Gasteiger partial charge is 0.481 e. The lowest BCUT2D eigenvalue weighted by Gasteiger charge is -2.20. The average Bonchev–Trinajstić information content (AvgIpc) is 3.44. The smallest absolute Gasteiger partial charge is 0.407 e. The molecule has 8 nitrogen and oxygen atoms in total. The van der Waals surface area contributed by atoms with Gasteiger partial charge in [0.1, 0.15) is 6.61 Å². The van der Waals surface area contributed by atoms with Crippen LogP contribution < -0.4 is 10.6 Å². The van der Waals surface area contributed by atoms with Crippen LogP contribution in [-0.4, -0.2) is 55.0 Å². The molecule has 0 aliphatic heterocycles. The zero-order valence-corrected chi connectivity index (χ0v) is 19.9. The Hall–Kier alpha value is -3.39. The minimum Gasteiger partial charge on any atom is -0.481 e. The molecule has 0 heterocycles. The van der Waals surface area contributed by atoms with Crippen LogP contribution in [0.5, 0.6) is 0 Å². The Labute approximate surface area is 205 Å². The first-order valence-electron chi connectivity index (χ1n) is 12.2. The average molecular weight is 481 g/mol. The highest BCUT2D eigenvalue weighted by Crippen LogP contribution is 2.44. The molecule has 0 radical (unpaired) electrons. The van der Waals surface area contributed by atoms with Crippen molar-refractivity contribution in [2.24, 2.45) is 5.92 Å². The number of hydrogen-bond donors (Lipinski definition) is 3. The predicted octanol–water partition coefficient (Wildman–Crippen LogP) is 3.69. The van der Waals surface area contributed by atoms with Crippen LogP contribution in [0.25, 0.3) is 11.1 Å². The molecule has 0 aromatic heterocycles. The van der Waals surface area contributed by atoms with Gasteiger partial charge in [0.05, 0.1) is 18.4 Å². The number of hydrogen-bond acceptors (Lipinski definition) is 5. The molecule has 0 spiro atoms. The second kappa shape index (κ2) is 11.4. The SMILES string of the molecule is CCOC(CNC(=O)OCC1c2ccccc2-c2ccccc21)CC(=O)N[C@@H]1CC[C@H](C(=O)O)C1. The van der Waals surface area contributed by atoms with Crippen LogP contribution in [0.15, 0.2) is 48.5 Å². The van der Waals surface area contributed by atoms with Gasteiger partial charge in [0, 0.05) is 25.1 Å². The Morgan fingerprint density at radius 2 is 1.69 bits per heavy atom. The molecule has 186 valence electrons. The third-order valence-corrected chi connectivity index (χ3v) is 6.78.